The van der Waals surface area contributed by atoms with Gasteiger partial charge in [0.05, 0.1) is 12.0 Å². The van der Waals surface area contributed by atoms with Crippen molar-refractivity contribution in [2.45, 2.75) is 25.2 Å². The highest BCUT2D eigenvalue weighted by molar-refractivity contribution is 7.15. The molecule has 1 amide bonds. The first-order valence-electron chi connectivity index (χ1n) is 8.48. The molecule has 3 aromatic rings. The number of thiophene rings is 1. The lowest BCUT2D eigenvalue weighted by molar-refractivity contribution is 0.0717. The number of aromatic nitrogens is 4. The molecule has 1 saturated heterocycles. The molecule has 0 unspecified atom stereocenters. The summed E-state index contributed by atoms with van der Waals surface area (Å²) in [5, 5.41) is 4.50. The maximum absolute atomic E-state index is 13.3. The number of nitrogens with zero attached hydrogens (tertiary/aromatic N) is 5. The third-order valence-corrected chi connectivity index (χ3v) is 5.75. The van der Waals surface area contributed by atoms with Crippen molar-refractivity contribution in [1.29, 1.82) is 0 Å². The molecule has 0 atom stereocenters. The van der Waals surface area contributed by atoms with Crippen molar-refractivity contribution < 1.29 is 18.3 Å². The molecule has 142 valence electrons. The Morgan fingerprint density at radius 3 is 2.78 bits per heavy atom. The number of fused-ring (bicyclic) bond motifs is 1. The fourth-order valence-corrected chi connectivity index (χ4v) is 4.09. The molecular formula is C17H17F2N5O2S. The summed E-state index contributed by atoms with van der Waals surface area (Å²) in [6, 6.07) is 4.93. The summed E-state index contributed by atoms with van der Waals surface area (Å²) in [6.07, 6.45) is -0.122. The topological polar surface area (TPSA) is 72.6 Å². The zero-order valence-corrected chi connectivity index (χ0v) is 15.3. The molecule has 0 radical (unpaired) electrons. The van der Waals surface area contributed by atoms with Gasteiger partial charge in [0.15, 0.2) is 5.06 Å². The Bertz CT molecular complexity index is 965. The van der Waals surface area contributed by atoms with E-state index in [1.54, 1.807) is 24.1 Å². The summed E-state index contributed by atoms with van der Waals surface area (Å²) in [5.41, 5.74) is 0.368. The standard InChI is InChI=1S/C17H17F2N5O2S/c1-26-14-3-2-13(27-14)16(25)23-6-4-10(5-7-23)11-8-12(15(18)19)24-17(22-11)20-9-21-24/h2-3,8-10,15H,4-7H2,1H3. The van der Waals surface area contributed by atoms with Crippen molar-refractivity contribution in [2.75, 3.05) is 20.2 Å². The van der Waals surface area contributed by atoms with Gasteiger partial charge in [-0.05, 0) is 31.0 Å². The first-order chi connectivity index (χ1) is 13.1. The molecule has 1 aliphatic rings. The second-order valence-corrected chi connectivity index (χ2v) is 7.31. The summed E-state index contributed by atoms with van der Waals surface area (Å²) in [6.45, 7) is 1.10. The van der Waals surface area contributed by atoms with Crippen LogP contribution in [0.25, 0.3) is 5.78 Å². The number of ether oxygens (including phenoxy) is 1. The van der Waals surface area contributed by atoms with Crippen molar-refractivity contribution in [3.63, 3.8) is 0 Å². The Morgan fingerprint density at radius 1 is 1.33 bits per heavy atom. The highest BCUT2D eigenvalue weighted by Crippen LogP contribution is 2.31. The van der Waals surface area contributed by atoms with Crippen molar-refractivity contribution in [2.24, 2.45) is 0 Å². The third-order valence-electron chi connectivity index (χ3n) is 4.72. The van der Waals surface area contributed by atoms with E-state index in [1.807, 2.05) is 0 Å². The lowest BCUT2D eigenvalue weighted by Gasteiger charge is -2.31. The summed E-state index contributed by atoms with van der Waals surface area (Å²) in [7, 11) is 1.57. The fourth-order valence-electron chi connectivity index (χ4n) is 3.30. The molecular weight excluding hydrogens is 376 g/mol. The molecule has 0 N–H and O–H groups in total. The van der Waals surface area contributed by atoms with Crippen LogP contribution in [0.4, 0.5) is 8.78 Å². The van der Waals surface area contributed by atoms with Gasteiger partial charge in [0, 0.05) is 24.7 Å². The second kappa shape index (κ2) is 7.18. The molecule has 27 heavy (non-hydrogen) atoms. The number of amides is 1. The Morgan fingerprint density at radius 2 is 2.11 bits per heavy atom. The van der Waals surface area contributed by atoms with E-state index in [0.29, 0.717) is 41.6 Å². The number of alkyl halides is 2. The van der Waals surface area contributed by atoms with Crippen LogP contribution >= 0.6 is 11.3 Å². The van der Waals surface area contributed by atoms with Crippen LogP contribution in [-0.2, 0) is 0 Å². The number of hydrogen-bond donors (Lipinski definition) is 0. The van der Waals surface area contributed by atoms with Gasteiger partial charge < -0.3 is 9.64 Å². The van der Waals surface area contributed by atoms with Gasteiger partial charge >= 0.3 is 0 Å². The normalized spacial score (nSPS) is 15.6. The minimum absolute atomic E-state index is 0.00567. The Labute approximate surface area is 157 Å². The number of carbonyl (C=O) groups is 1. The predicted molar refractivity (Wildman–Crippen MR) is 94.5 cm³/mol. The zero-order chi connectivity index (χ0) is 19.0. The van der Waals surface area contributed by atoms with Crippen molar-refractivity contribution in [1.82, 2.24) is 24.5 Å². The molecule has 4 rings (SSSR count). The van der Waals surface area contributed by atoms with Crippen molar-refractivity contribution >= 4 is 23.0 Å². The van der Waals surface area contributed by atoms with E-state index in [2.05, 4.69) is 15.1 Å². The smallest absolute Gasteiger partial charge is 0.280 e. The van der Waals surface area contributed by atoms with E-state index < -0.39 is 6.43 Å². The van der Waals surface area contributed by atoms with Crippen molar-refractivity contribution in [3.05, 3.63) is 40.8 Å². The monoisotopic (exact) mass is 393 g/mol. The molecule has 0 saturated carbocycles. The van der Waals surface area contributed by atoms with E-state index >= 15 is 0 Å². The predicted octanol–water partition coefficient (Wildman–Crippen LogP) is 3.15. The SMILES string of the molecule is COc1ccc(C(=O)N2CCC(c3cc(C(F)F)n4ncnc4n3)CC2)s1. The minimum Gasteiger partial charge on any atom is -0.487 e. The van der Waals surface area contributed by atoms with Gasteiger partial charge in [-0.15, -0.1) is 0 Å². The lowest BCUT2D eigenvalue weighted by Crippen LogP contribution is -2.37. The summed E-state index contributed by atoms with van der Waals surface area (Å²) < 4.78 is 32.9. The van der Waals surface area contributed by atoms with E-state index in [-0.39, 0.29) is 23.3 Å². The second-order valence-electron chi connectivity index (χ2n) is 6.27. The van der Waals surface area contributed by atoms with Gasteiger partial charge in [-0.1, -0.05) is 11.3 Å². The Hall–Kier alpha value is -2.62. The van der Waals surface area contributed by atoms with Crippen LogP contribution in [0.2, 0.25) is 0 Å². The number of hydrogen-bond acceptors (Lipinski definition) is 6. The van der Waals surface area contributed by atoms with Gasteiger partial charge in [-0.25, -0.2) is 13.8 Å². The van der Waals surface area contributed by atoms with Crippen LogP contribution in [0.3, 0.4) is 0 Å². The molecule has 4 heterocycles. The van der Waals surface area contributed by atoms with E-state index in [9.17, 15) is 13.6 Å². The molecule has 10 heteroatoms. The molecule has 0 bridgehead atoms. The summed E-state index contributed by atoms with van der Waals surface area (Å²) in [5.74, 6) is 0.147. The van der Waals surface area contributed by atoms with Crippen LogP contribution in [0.5, 0.6) is 5.06 Å². The number of halogens is 2. The van der Waals surface area contributed by atoms with Crippen LogP contribution in [0, 0.1) is 0 Å². The van der Waals surface area contributed by atoms with Crippen LogP contribution in [0.15, 0.2) is 24.5 Å². The largest absolute Gasteiger partial charge is 0.487 e. The van der Waals surface area contributed by atoms with Gasteiger partial charge in [-0.2, -0.15) is 14.6 Å². The number of piperidine rings is 1. The molecule has 7 nitrogen and oxygen atoms in total. The average molecular weight is 393 g/mol. The number of methoxy groups -OCH3 is 1. The molecule has 0 spiro atoms. The molecule has 0 aromatic carbocycles. The fraction of sp³-hybridized carbons (Fsp3) is 0.412. The number of likely N-dealkylation sites (tertiary alicyclic amines) is 1. The van der Waals surface area contributed by atoms with E-state index in [4.69, 9.17) is 4.74 Å². The lowest BCUT2D eigenvalue weighted by atomic mass is 9.93. The molecule has 1 fully saturated rings. The third kappa shape index (κ3) is 3.36. The number of carbonyl (C=O) groups excluding carboxylic acids is 1. The minimum atomic E-state index is -2.66. The number of rotatable bonds is 4. The maximum atomic E-state index is 13.3. The Balaban J connectivity index is 1.49. The van der Waals surface area contributed by atoms with Gasteiger partial charge in [0.25, 0.3) is 18.1 Å². The van der Waals surface area contributed by atoms with Gasteiger partial charge in [0.2, 0.25) is 0 Å². The first-order valence-corrected chi connectivity index (χ1v) is 9.30. The maximum Gasteiger partial charge on any atom is 0.280 e. The van der Waals surface area contributed by atoms with E-state index in [0.717, 1.165) is 4.52 Å². The van der Waals surface area contributed by atoms with Gasteiger partial charge in [-0.3, -0.25) is 4.79 Å². The van der Waals surface area contributed by atoms with Crippen LogP contribution in [-0.4, -0.2) is 50.6 Å². The summed E-state index contributed by atoms with van der Waals surface area (Å²) in [4.78, 5) is 23.3. The average Bonchev–Trinajstić information content (AvgIpc) is 3.35. The van der Waals surface area contributed by atoms with Crippen molar-refractivity contribution in [3.8, 4) is 5.06 Å². The highest BCUT2D eigenvalue weighted by atomic mass is 32.1. The highest BCUT2D eigenvalue weighted by Gasteiger charge is 2.28. The molecule has 0 aliphatic carbocycles. The van der Waals surface area contributed by atoms with Crippen LogP contribution < -0.4 is 4.74 Å². The summed E-state index contributed by atoms with van der Waals surface area (Å²) >= 11 is 1.31. The van der Waals surface area contributed by atoms with Gasteiger partial charge in [0.1, 0.15) is 12.0 Å². The Kier molecular flexibility index (Phi) is 4.73. The molecule has 1 aliphatic heterocycles. The quantitative estimate of drug-likeness (QED) is 0.681. The van der Waals surface area contributed by atoms with E-state index in [1.165, 1.54) is 23.7 Å². The first kappa shape index (κ1) is 17.8. The zero-order valence-electron chi connectivity index (χ0n) is 14.5. The molecule has 3 aromatic heterocycles. The van der Waals surface area contributed by atoms with Crippen LogP contribution in [0.1, 0.15) is 46.2 Å².